The van der Waals surface area contributed by atoms with E-state index in [9.17, 15) is 4.79 Å². The summed E-state index contributed by atoms with van der Waals surface area (Å²) in [6, 6.07) is 5.57. The number of aliphatic hydroxyl groups is 1. The van der Waals surface area contributed by atoms with Gasteiger partial charge in [0.2, 0.25) is 0 Å². The Morgan fingerprint density at radius 3 is 3.06 bits per heavy atom. The molecule has 1 aliphatic heterocycles. The minimum absolute atomic E-state index is 0.0895. The number of hydrogen-bond donors (Lipinski definition) is 3. The SMILES string of the molecule is Nc1cccc2c1C(=O)NCC2CCCO. The third kappa shape index (κ3) is 1.88. The van der Waals surface area contributed by atoms with Crippen LogP contribution >= 0.6 is 0 Å². The standard InChI is InChI=1S/C12H16N2O2/c13-10-5-1-4-9-8(3-2-6-15)7-14-12(16)11(9)10/h1,4-5,8,15H,2-3,6-7,13H2,(H,14,16). The Balaban J connectivity index is 2.33. The number of carbonyl (C=O) groups is 1. The molecule has 86 valence electrons. The second kappa shape index (κ2) is 4.53. The molecule has 4 heteroatoms. The summed E-state index contributed by atoms with van der Waals surface area (Å²) in [6.07, 6.45) is 1.61. The van der Waals surface area contributed by atoms with Crippen LogP contribution in [0.25, 0.3) is 0 Å². The fourth-order valence-electron chi connectivity index (χ4n) is 2.20. The minimum Gasteiger partial charge on any atom is -0.398 e. The molecule has 4 N–H and O–H groups in total. The molecule has 0 aliphatic carbocycles. The molecule has 1 amide bonds. The summed E-state index contributed by atoms with van der Waals surface area (Å²) in [5.41, 5.74) is 7.96. The van der Waals surface area contributed by atoms with Crippen molar-refractivity contribution in [2.75, 3.05) is 18.9 Å². The highest BCUT2D eigenvalue weighted by Crippen LogP contribution is 2.30. The van der Waals surface area contributed by atoms with E-state index >= 15 is 0 Å². The van der Waals surface area contributed by atoms with E-state index in [0.29, 0.717) is 17.8 Å². The molecule has 16 heavy (non-hydrogen) atoms. The number of benzene rings is 1. The summed E-state index contributed by atoms with van der Waals surface area (Å²) in [4.78, 5) is 11.7. The Kier molecular flexibility index (Phi) is 3.10. The quantitative estimate of drug-likeness (QED) is 0.661. The highest BCUT2D eigenvalue weighted by atomic mass is 16.2. The number of hydrogen-bond acceptors (Lipinski definition) is 3. The Morgan fingerprint density at radius 1 is 1.50 bits per heavy atom. The van der Waals surface area contributed by atoms with Gasteiger partial charge in [-0.2, -0.15) is 0 Å². The van der Waals surface area contributed by atoms with Gasteiger partial charge >= 0.3 is 0 Å². The third-order valence-electron chi connectivity index (χ3n) is 3.02. The van der Waals surface area contributed by atoms with E-state index in [1.807, 2.05) is 12.1 Å². The molecule has 1 heterocycles. The highest BCUT2D eigenvalue weighted by molar-refractivity contribution is 6.01. The van der Waals surface area contributed by atoms with Crippen LogP contribution in [0.15, 0.2) is 18.2 Å². The molecule has 0 saturated carbocycles. The lowest BCUT2D eigenvalue weighted by Gasteiger charge is -2.26. The van der Waals surface area contributed by atoms with Crippen molar-refractivity contribution in [1.82, 2.24) is 5.32 Å². The summed E-state index contributed by atoms with van der Waals surface area (Å²) >= 11 is 0. The molecule has 1 aliphatic rings. The Morgan fingerprint density at radius 2 is 2.31 bits per heavy atom. The van der Waals surface area contributed by atoms with Crippen LogP contribution in [0.3, 0.4) is 0 Å². The number of nitrogen functional groups attached to an aromatic ring is 1. The minimum atomic E-state index is -0.0895. The zero-order valence-electron chi connectivity index (χ0n) is 9.07. The Labute approximate surface area is 94.5 Å². The first kappa shape index (κ1) is 11.0. The van der Waals surface area contributed by atoms with Crippen molar-refractivity contribution in [3.8, 4) is 0 Å². The van der Waals surface area contributed by atoms with Crippen LogP contribution in [-0.4, -0.2) is 24.2 Å². The molecule has 0 saturated heterocycles. The van der Waals surface area contributed by atoms with Gasteiger partial charge in [0.1, 0.15) is 0 Å². The molecule has 0 aromatic heterocycles. The van der Waals surface area contributed by atoms with Crippen molar-refractivity contribution in [3.63, 3.8) is 0 Å². The molecule has 1 unspecified atom stereocenters. The van der Waals surface area contributed by atoms with Crippen LogP contribution in [0.5, 0.6) is 0 Å². The molecule has 2 rings (SSSR count). The van der Waals surface area contributed by atoms with Crippen molar-refractivity contribution in [2.45, 2.75) is 18.8 Å². The van der Waals surface area contributed by atoms with Crippen molar-refractivity contribution in [1.29, 1.82) is 0 Å². The van der Waals surface area contributed by atoms with Crippen molar-refractivity contribution >= 4 is 11.6 Å². The molecule has 0 radical (unpaired) electrons. The number of aliphatic hydroxyl groups excluding tert-OH is 1. The molecule has 1 aromatic carbocycles. The maximum Gasteiger partial charge on any atom is 0.253 e. The van der Waals surface area contributed by atoms with Gasteiger partial charge in [-0.05, 0) is 24.5 Å². The van der Waals surface area contributed by atoms with Gasteiger partial charge in [0, 0.05) is 24.8 Å². The molecule has 4 nitrogen and oxygen atoms in total. The highest BCUT2D eigenvalue weighted by Gasteiger charge is 2.26. The van der Waals surface area contributed by atoms with Crippen LogP contribution in [0.4, 0.5) is 5.69 Å². The van der Waals surface area contributed by atoms with E-state index in [-0.39, 0.29) is 18.4 Å². The molecule has 1 aromatic rings. The molecule has 0 bridgehead atoms. The van der Waals surface area contributed by atoms with E-state index in [2.05, 4.69) is 5.32 Å². The third-order valence-corrected chi connectivity index (χ3v) is 3.02. The monoisotopic (exact) mass is 220 g/mol. The van der Waals surface area contributed by atoms with E-state index in [0.717, 1.165) is 18.4 Å². The second-order valence-corrected chi connectivity index (χ2v) is 4.08. The summed E-state index contributed by atoms with van der Waals surface area (Å²) in [6.45, 7) is 0.817. The number of fused-ring (bicyclic) bond motifs is 1. The average Bonchev–Trinajstić information content (AvgIpc) is 2.28. The fraction of sp³-hybridized carbons (Fsp3) is 0.417. The van der Waals surface area contributed by atoms with E-state index in [4.69, 9.17) is 10.8 Å². The number of carbonyl (C=O) groups excluding carboxylic acids is 1. The van der Waals surface area contributed by atoms with Gasteiger partial charge in [0.25, 0.3) is 5.91 Å². The van der Waals surface area contributed by atoms with Gasteiger partial charge in [-0.3, -0.25) is 4.79 Å². The van der Waals surface area contributed by atoms with Gasteiger partial charge in [-0.25, -0.2) is 0 Å². The van der Waals surface area contributed by atoms with Crippen LogP contribution in [0.2, 0.25) is 0 Å². The van der Waals surface area contributed by atoms with Gasteiger partial charge in [-0.15, -0.1) is 0 Å². The largest absolute Gasteiger partial charge is 0.398 e. The van der Waals surface area contributed by atoms with E-state index < -0.39 is 0 Å². The molecular weight excluding hydrogens is 204 g/mol. The van der Waals surface area contributed by atoms with Crippen molar-refractivity contribution < 1.29 is 9.90 Å². The lowest BCUT2D eigenvalue weighted by molar-refractivity contribution is 0.0940. The molecule has 0 spiro atoms. The maximum absolute atomic E-state index is 11.7. The summed E-state index contributed by atoms with van der Waals surface area (Å²) in [5, 5.41) is 11.7. The smallest absolute Gasteiger partial charge is 0.253 e. The van der Waals surface area contributed by atoms with Crippen LogP contribution in [0.1, 0.15) is 34.7 Å². The van der Waals surface area contributed by atoms with E-state index in [1.54, 1.807) is 6.07 Å². The van der Waals surface area contributed by atoms with Gasteiger partial charge in [0.15, 0.2) is 0 Å². The summed E-state index contributed by atoms with van der Waals surface area (Å²) < 4.78 is 0. The zero-order chi connectivity index (χ0) is 11.5. The van der Waals surface area contributed by atoms with Crippen LogP contribution < -0.4 is 11.1 Å². The maximum atomic E-state index is 11.7. The lowest BCUT2D eigenvalue weighted by atomic mass is 9.86. The lowest BCUT2D eigenvalue weighted by Crippen LogP contribution is -2.35. The number of rotatable bonds is 3. The van der Waals surface area contributed by atoms with Crippen LogP contribution in [0, 0.1) is 0 Å². The van der Waals surface area contributed by atoms with Gasteiger partial charge in [0.05, 0.1) is 5.56 Å². The normalized spacial score (nSPS) is 19.1. The van der Waals surface area contributed by atoms with Crippen molar-refractivity contribution in [2.24, 2.45) is 0 Å². The zero-order valence-corrected chi connectivity index (χ0v) is 9.07. The van der Waals surface area contributed by atoms with Crippen molar-refractivity contribution in [3.05, 3.63) is 29.3 Å². The number of nitrogens with two attached hydrogens (primary N) is 1. The fourth-order valence-corrected chi connectivity index (χ4v) is 2.20. The summed E-state index contributed by atoms with van der Waals surface area (Å²) in [5.74, 6) is 0.177. The Bertz CT molecular complexity index is 404. The van der Waals surface area contributed by atoms with Gasteiger partial charge < -0.3 is 16.2 Å². The number of nitrogens with one attached hydrogen (secondary N) is 1. The predicted molar refractivity (Wildman–Crippen MR) is 62.2 cm³/mol. The first-order chi connectivity index (χ1) is 7.74. The Hall–Kier alpha value is -1.55. The molecule has 1 atom stereocenters. The van der Waals surface area contributed by atoms with E-state index in [1.165, 1.54) is 0 Å². The van der Waals surface area contributed by atoms with Crippen LogP contribution in [-0.2, 0) is 0 Å². The first-order valence-corrected chi connectivity index (χ1v) is 5.51. The predicted octanol–water partition coefficient (Wildman–Crippen LogP) is 0.868. The molecule has 0 fully saturated rings. The number of anilines is 1. The first-order valence-electron chi connectivity index (χ1n) is 5.51. The topological polar surface area (TPSA) is 75.4 Å². The summed E-state index contributed by atoms with van der Waals surface area (Å²) in [7, 11) is 0. The second-order valence-electron chi connectivity index (χ2n) is 4.08. The average molecular weight is 220 g/mol. The number of amides is 1. The van der Waals surface area contributed by atoms with Gasteiger partial charge in [-0.1, -0.05) is 12.1 Å². The molecular formula is C12H16N2O2.